The number of nitrogens with zero attached hydrogens (tertiary/aromatic N) is 3. The summed E-state index contributed by atoms with van der Waals surface area (Å²) in [7, 11) is 0. The Morgan fingerprint density at radius 3 is 2.56 bits per heavy atom. The van der Waals surface area contributed by atoms with Gasteiger partial charge >= 0.3 is 0 Å². The van der Waals surface area contributed by atoms with Gasteiger partial charge in [0.2, 0.25) is 0 Å². The fourth-order valence-corrected chi connectivity index (χ4v) is 5.84. The monoisotopic (exact) mass is 536 g/mol. The van der Waals surface area contributed by atoms with Gasteiger partial charge < -0.3 is 4.74 Å². The Labute approximate surface area is 217 Å². The number of hydrogen-bond acceptors (Lipinski definition) is 5. The van der Waals surface area contributed by atoms with Gasteiger partial charge in [0.25, 0.3) is 5.91 Å². The Morgan fingerprint density at radius 2 is 1.85 bits per heavy atom. The maximum Gasteiger partial charge on any atom is 0.286 e. The summed E-state index contributed by atoms with van der Waals surface area (Å²) < 4.78 is 8.32. The molecule has 2 aliphatic rings. The summed E-state index contributed by atoms with van der Waals surface area (Å²) >= 11 is 20.3. The number of rotatable bonds is 4. The highest BCUT2D eigenvalue weighted by molar-refractivity contribution is 7.17. The zero-order chi connectivity index (χ0) is 23.7. The first-order chi connectivity index (χ1) is 16.5. The Balaban J connectivity index is 1.60. The lowest BCUT2D eigenvalue weighted by molar-refractivity contribution is 0.0781. The number of ether oxygens (including phenoxy) is 1. The van der Waals surface area contributed by atoms with E-state index in [0.29, 0.717) is 32.4 Å². The lowest BCUT2D eigenvalue weighted by Gasteiger charge is -2.21. The molecular weight excluding hydrogens is 515 g/mol. The molecule has 178 valence electrons. The van der Waals surface area contributed by atoms with Gasteiger partial charge in [-0.15, -0.1) is 11.3 Å². The fourth-order valence-electron chi connectivity index (χ4n) is 4.32. The van der Waals surface area contributed by atoms with Gasteiger partial charge in [-0.1, -0.05) is 47.6 Å². The molecule has 0 unspecified atom stereocenters. The second-order valence-corrected chi connectivity index (χ2v) is 10.9. The van der Waals surface area contributed by atoms with Crippen LogP contribution in [0, 0.1) is 0 Å². The highest BCUT2D eigenvalue weighted by atomic mass is 35.5. The number of fused-ring (bicyclic) bond motifs is 1. The topological polar surface area (TPSA) is 59.4 Å². The molecule has 2 aliphatic heterocycles. The Bertz CT molecular complexity index is 1250. The summed E-state index contributed by atoms with van der Waals surface area (Å²) in [5.74, 6) is -0.244. The molecule has 34 heavy (non-hydrogen) atoms. The van der Waals surface area contributed by atoms with Gasteiger partial charge in [-0.3, -0.25) is 10.2 Å². The van der Waals surface area contributed by atoms with Crippen molar-refractivity contribution in [3.63, 3.8) is 0 Å². The molecule has 0 spiro atoms. The van der Waals surface area contributed by atoms with Crippen molar-refractivity contribution in [2.45, 2.75) is 32.3 Å². The standard InChI is InChI=1S/C24H23Cl3N4O2S/c25-16-5-7-20(19(26)12-16)31-23-15(11-17-6-8-21(27)34-17)13-33-14-18(23)22(28-31)24(32)29-30-9-3-1-2-4-10-30/h5-8,11-12H,1-4,9-10,13-14H2,(H,29,32). The van der Waals surface area contributed by atoms with E-state index in [-0.39, 0.29) is 12.5 Å². The van der Waals surface area contributed by atoms with Gasteiger partial charge in [0.1, 0.15) is 0 Å². The molecule has 0 radical (unpaired) electrons. The lowest BCUT2D eigenvalue weighted by atomic mass is 10.0. The minimum atomic E-state index is -0.244. The molecule has 1 fully saturated rings. The number of hydrazine groups is 1. The number of hydrogen-bond donors (Lipinski definition) is 1. The molecule has 1 N–H and O–H groups in total. The van der Waals surface area contributed by atoms with Crippen molar-refractivity contribution < 1.29 is 9.53 Å². The maximum atomic E-state index is 13.4. The predicted octanol–water partition coefficient (Wildman–Crippen LogP) is 6.49. The minimum Gasteiger partial charge on any atom is -0.372 e. The van der Waals surface area contributed by atoms with E-state index in [9.17, 15) is 4.79 Å². The second kappa shape index (κ2) is 10.4. The SMILES string of the molecule is O=C(NN1CCCCCC1)c1nn(-c2ccc(Cl)cc2Cl)c2c1COCC2=Cc1ccc(Cl)s1. The molecule has 10 heteroatoms. The average molecular weight is 538 g/mol. The number of carbonyl (C=O) groups is 1. The van der Waals surface area contributed by atoms with E-state index in [2.05, 4.69) is 5.43 Å². The first-order valence-corrected chi connectivity index (χ1v) is 13.1. The number of carbonyl (C=O) groups excluding carboxylic acids is 1. The first-order valence-electron chi connectivity index (χ1n) is 11.2. The van der Waals surface area contributed by atoms with Crippen molar-refractivity contribution in [2.24, 2.45) is 0 Å². The molecule has 0 atom stereocenters. The number of aromatic nitrogens is 2. The average Bonchev–Trinajstić information content (AvgIpc) is 3.30. The summed E-state index contributed by atoms with van der Waals surface area (Å²) in [5, 5.41) is 7.71. The molecule has 1 amide bonds. The van der Waals surface area contributed by atoms with Crippen LogP contribution in [0.3, 0.4) is 0 Å². The smallest absolute Gasteiger partial charge is 0.286 e. The molecule has 3 aromatic rings. The fraction of sp³-hybridized carbons (Fsp3) is 0.333. The molecule has 1 aromatic carbocycles. The number of thiophene rings is 1. The van der Waals surface area contributed by atoms with E-state index in [1.807, 2.05) is 29.3 Å². The van der Waals surface area contributed by atoms with Crippen LogP contribution in [0.1, 0.15) is 52.3 Å². The van der Waals surface area contributed by atoms with Crippen LogP contribution in [-0.2, 0) is 11.3 Å². The number of nitrogens with one attached hydrogen (secondary N) is 1. The highest BCUT2D eigenvalue weighted by Gasteiger charge is 2.30. The quantitative estimate of drug-likeness (QED) is 0.413. The highest BCUT2D eigenvalue weighted by Crippen LogP contribution is 2.36. The van der Waals surface area contributed by atoms with Crippen molar-refractivity contribution in [2.75, 3.05) is 19.7 Å². The second-order valence-electron chi connectivity index (χ2n) is 8.33. The van der Waals surface area contributed by atoms with E-state index in [1.54, 1.807) is 16.8 Å². The Hall–Kier alpha value is -1.87. The number of halogens is 3. The third kappa shape index (κ3) is 5.05. The summed E-state index contributed by atoms with van der Waals surface area (Å²) in [6, 6.07) is 9.05. The van der Waals surface area contributed by atoms with E-state index in [1.165, 1.54) is 24.2 Å². The molecule has 2 aromatic heterocycles. The molecule has 0 saturated carbocycles. The third-order valence-electron chi connectivity index (χ3n) is 5.92. The van der Waals surface area contributed by atoms with Crippen molar-refractivity contribution in [3.05, 3.63) is 66.5 Å². The maximum absolute atomic E-state index is 13.4. The van der Waals surface area contributed by atoms with Crippen LogP contribution >= 0.6 is 46.1 Å². The molecule has 1 saturated heterocycles. The van der Waals surface area contributed by atoms with Crippen molar-refractivity contribution in [1.82, 2.24) is 20.2 Å². The van der Waals surface area contributed by atoms with Gasteiger partial charge in [0.05, 0.1) is 34.0 Å². The summed E-state index contributed by atoms with van der Waals surface area (Å²) in [4.78, 5) is 14.4. The largest absolute Gasteiger partial charge is 0.372 e. The van der Waals surface area contributed by atoms with Crippen molar-refractivity contribution in [3.8, 4) is 5.69 Å². The Kier molecular flexibility index (Phi) is 7.30. The normalized spacial score (nSPS) is 18.0. The van der Waals surface area contributed by atoms with Crippen LogP contribution < -0.4 is 5.43 Å². The van der Waals surface area contributed by atoms with Crippen molar-refractivity contribution >= 4 is 63.7 Å². The van der Waals surface area contributed by atoms with E-state index in [0.717, 1.165) is 47.6 Å². The van der Waals surface area contributed by atoms with E-state index >= 15 is 0 Å². The van der Waals surface area contributed by atoms with Crippen LogP contribution in [0.4, 0.5) is 0 Å². The molecule has 0 aliphatic carbocycles. The molecule has 6 nitrogen and oxygen atoms in total. The third-order valence-corrected chi connectivity index (χ3v) is 7.64. The number of benzene rings is 1. The predicted molar refractivity (Wildman–Crippen MR) is 138 cm³/mol. The van der Waals surface area contributed by atoms with E-state index in [4.69, 9.17) is 44.6 Å². The zero-order valence-corrected chi connectivity index (χ0v) is 21.4. The van der Waals surface area contributed by atoms with Crippen LogP contribution in [0.2, 0.25) is 14.4 Å². The summed E-state index contributed by atoms with van der Waals surface area (Å²) in [5.41, 5.74) is 6.47. The number of amides is 1. The molecule has 0 bridgehead atoms. The van der Waals surface area contributed by atoms with Gasteiger partial charge in [-0.2, -0.15) is 5.10 Å². The van der Waals surface area contributed by atoms with Gasteiger partial charge in [0, 0.05) is 34.1 Å². The summed E-state index contributed by atoms with van der Waals surface area (Å²) in [6.07, 6.45) is 6.51. The zero-order valence-electron chi connectivity index (χ0n) is 18.3. The van der Waals surface area contributed by atoms with Crippen LogP contribution in [-0.4, -0.2) is 40.4 Å². The Morgan fingerprint density at radius 1 is 1.06 bits per heavy atom. The lowest BCUT2D eigenvalue weighted by Crippen LogP contribution is -2.43. The van der Waals surface area contributed by atoms with Gasteiger partial charge in [-0.05, 0) is 49.2 Å². The summed E-state index contributed by atoms with van der Waals surface area (Å²) in [6.45, 7) is 2.33. The van der Waals surface area contributed by atoms with Crippen molar-refractivity contribution in [1.29, 1.82) is 0 Å². The van der Waals surface area contributed by atoms with Crippen LogP contribution in [0.15, 0.2) is 30.3 Å². The molecule has 5 rings (SSSR count). The van der Waals surface area contributed by atoms with Crippen LogP contribution in [0.5, 0.6) is 0 Å². The molecular formula is C24H23Cl3N4O2S. The van der Waals surface area contributed by atoms with Crippen LogP contribution in [0.25, 0.3) is 17.3 Å². The van der Waals surface area contributed by atoms with Gasteiger partial charge in [0.15, 0.2) is 5.69 Å². The minimum absolute atomic E-state index is 0.244. The van der Waals surface area contributed by atoms with Gasteiger partial charge in [-0.25, -0.2) is 9.69 Å². The van der Waals surface area contributed by atoms with E-state index < -0.39 is 0 Å². The molecule has 4 heterocycles. The first kappa shape index (κ1) is 23.9.